The van der Waals surface area contributed by atoms with E-state index < -0.39 is 17.2 Å². The van der Waals surface area contributed by atoms with Crippen molar-refractivity contribution in [2.24, 2.45) is 0 Å². The molecule has 2 aromatic carbocycles. The van der Waals surface area contributed by atoms with Gasteiger partial charge in [-0.2, -0.15) is 5.10 Å². The van der Waals surface area contributed by atoms with Gasteiger partial charge in [-0.15, -0.1) is 0 Å². The second kappa shape index (κ2) is 7.26. The molecular formula is C24H20F2N6O. The van der Waals surface area contributed by atoms with Crippen LogP contribution in [0, 0.1) is 11.6 Å². The van der Waals surface area contributed by atoms with Crippen LogP contribution < -0.4 is 16.2 Å². The third kappa shape index (κ3) is 3.11. The summed E-state index contributed by atoms with van der Waals surface area (Å²) in [6, 6.07) is 9.00. The molecule has 1 aliphatic heterocycles. The SMILES string of the molecule is Nc1[nH]nc2nc(-c3cc(F)cc(F)c3)c3c(=O)[nH]c4cc(N5CCCCC5)ccc4c3c12. The Hall–Kier alpha value is -4.01. The molecule has 3 aromatic heterocycles. The van der Waals surface area contributed by atoms with Crippen LogP contribution >= 0.6 is 0 Å². The molecule has 0 spiro atoms. The first kappa shape index (κ1) is 19.7. The minimum absolute atomic E-state index is 0.144. The summed E-state index contributed by atoms with van der Waals surface area (Å²) in [7, 11) is 0. The Bertz CT molecular complexity index is 1600. The quantitative estimate of drug-likeness (QED) is 0.347. The van der Waals surface area contributed by atoms with Crippen molar-refractivity contribution in [2.45, 2.75) is 19.3 Å². The van der Waals surface area contributed by atoms with Gasteiger partial charge in [0.1, 0.15) is 17.5 Å². The van der Waals surface area contributed by atoms with Gasteiger partial charge in [0.25, 0.3) is 5.56 Å². The van der Waals surface area contributed by atoms with E-state index >= 15 is 0 Å². The maximum Gasteiger partial charge on any atom is 0.258 e. The first-order chi connectivity index (χ1) is 16.0. The predicted molar refractivity (Wildman–Crippen MR) is 125 cm³/mol. The Morgan fingerprint density at radius 1 is 0.939 bits per heavy atom. The lowest BCUT2D eigenvalue weighted by atomic mass is 9.99. The smallest absolute Gasteiger partial charge is 0.258 e. The summed E-state index contributed by atoms with van der Waals surface area (Å²) >= 11 is 0. The number of piperidine rings is 1. The van der Waals surface area contributed by atoms with Crippen LogP contribution in [0.1, 0.15) is 19.3 Å². The van der Waals surface area contributed by atoms with Crippen LogP contribution in [0.3, 0.4) is 0 Å². The number of halogens is 2. The number of nitrogens with one attached hydrogen (secondary N) is 2. The number of nitrogen functional groups attached to an aromatic ring is 1. The molecule has 5 aromatic rings. The highest BCUT2D eigenvalue weighted by Crippen LogP contribution is 2.37. The number of aromatic amines is 2. The zero-order valence-corrected chi connectivity index (χ0v) is 17.6. The van der Waals surface area contributed by atoms with Crippen LogP contribution in [-0.2, 0) is 0 Å². The topological polar surface area (TPSA) is 104 Å². The molecule has 4 heterocycles. The molecule has 166 valence electrons. The molecule has 0 radical (unpaired) electrons. The summed E-state index contributed by atoms with van der Waals surface area (Å²) in [6.07, 6.45) is 3.50. The zero-order valence-electron chi connectivity index (χ0n) is 17.6. The van der Waals surface area contributed by atoms with E-state index in [-0.39, 0.29) is 28.1 Å². The third-order valence-corrected chi connectivity index (χ3v) is 6.33. The van der Waals surface area contributed by atoms with Crippen LogP contribution in [-0.4, -0.2) is 33.3 Å². The second-order valence-corrected chi connectivity index (χ2v) is 8.44. The van der Waals surface area contributed by atoms with Gasteiger partial charge < -0.3 is 15.6 Å². The number of pyridine rings is 2. The van der Waals surface area contributed by atoms with Crippen LogP contribution in [0.15, 0.2) is 41.2 Å². The molecule has 7 nitrogen and oxygen atoms in total. The maximum absolute atomic E-state index is 14.0. The first-order valence-corrected chi connectivity index (χ1v) is 10.8. The van der Waals surface area contributed by atoms with E-state index in [1.165, 1.54) is 6.42 Å². The fourth-order valence-corrected chi connectivity index (χ4v) is 4.86. The fraction of sp³-hybridized carbons (Fsp3) is 0.208. The fourth-order valence-electron chi connectivity index (χ4n) is 4.86. The first-order valence-electron chi connectivity index (χ1n) is 10.8. The number of benzene rings is 2. The summed E-state index contributed by atoms with van der Waals surface area (Å²) in [5.41, 5.74) is 8.01. The molecule has 4 N–H and O–H groups in total. The van der Waals surface area contributed by atoms with Crippen LogP contribution in [0.25, 0.3) is 44.0 Å². The van der Waals surface area contributed by atoms with Crippen molar-refractivity contribution in [3.05, 3.63) is 58.4 Å². The molecule has 0 amide bonds. The van der Waals surface area contributed by atoms with E-state index in [2.05, 4.69) is 25.1 Å². The highest BCUT2D eigenvalue weighted by molar-refractivity contribution is 6.23. The second-order valence-electron chi connectivity index (χ2n) is 8.44. The number of H-pyrrole nitrogens is 2. The van der Waals surface area contributed by atoms with Gasteiger partial charge in [-0.1, -0.05) is 6.07 Å². The standard InChI is InChI=1S/C24H20F2N6O/c25-13-8-12(9-14(26)10-13)21-19-18(20-22(27)30-31-23(20)29-21)16-5-4-15(11-17(16)28-24(19)33)32-6-2-1-3-7-32/h4-5,8-11H,1-3,6-7H2,(H,28,33)(H3,27,29,30,31). The van der Waals surface area contributed by atoms with Gasteiger partial charge in [0.2, 0.25) is 0 Å². The summed E-state index contributed by atoms with van der Waals surface area (Å²) in [6.45, 7) is 1.95. The number of nitrogens with zero attached hydrogens (tertiary/aromatic N) is 3. The molecule has 0 saturated carbocycles. The van der Waals surface area contributed by atoms with E-state index in [0.717, 1.165) is 55.2 Å². The summed E-state index contributed by atoms with van der Waals surface area (Å²) in [5.74, 6) is -1.25. The zero-order chi connectivity index (χ0) is 22.7. The number of aromatic nitrogens is 4. The molecule has 6 rings (SSSR count). The minimum Gasteiger partial charge on any atom is -0.383 e. The molecule has 9 heteroatoms. The van der Waals surface area contributed by atoms with Gasteiger partial charge in [-0.3, -0.25) is 9.89 Å². The average Bonchev–Trinajstić information content (AvgIpc) is 3.18. The Balaban J connectivity index is 1.71. The lowest BCUT2D eigenvalue weighted by molar-refractivity contribution is 0.578. The molecule has 1 aliphatic rings. The highest BCUT2D eigenvalue weighted by Gasteiger charge is 2.21. The molecule has 1 saturated heterocycles. The van der Waals surface area contributed by atoms with Gasteiger partial charge in [0.05, 0.1) is 22.0 Å². The number of hydrogen-bond donors (Lipinski definition) is 3. The Labute approximate surface area is 186 Å². The van der Waals surface area contributed by atoms with Gasteiger partial charge >= 0.3 is 0 Å². The van der Waals surface area contributed by atoms with Crippen LogP contribution in [0.5, 0.6) is 0 Å². The summed E-state index contributed by atoms with van der Waals surface area (Å²) in [5, 5.41) is 8.89. The molecule has 1 fully saturated rings. The Morgan fingerprint density at radius 3 is 2.45 bits per heavy atom. The Kier molecular flexibility index (Phi) is 4.33. The number of nitrogens with two attached hydrogens (primary N) is 1. The van der Waals surface area contributed by atoms with Crippen LogP contribution in [0.2, 0.25) is 0 Å². The molecule has 0 unspecified atom stereocenters. The van der Waals surface area contributed by atoms with Gasteiger partial charge in [-0.25, -0.2) is 13.8 Å². The number of fused-ring (bicyclic) bond motifs is 5. The van der Waals surface area contributed by atoms with Crippen molar-refractivity contribution < 1.29 is 8.78 Å². The predicted octanol–water partition coefficient (Wildman–Crippen LogP) is 4.47. The van der Waals surface area contributed by atoms with Gasteiger partial charge in [0, 0.05) is 41.2 Å². The van der Waals surface area contributed by atoms with Crippen molar-refractivity contribution >= 4 is 44.2 Å². The Morgan fingerprint density at radius 2 is 1.70 bits per heavy atom. The van der Waals surface area contributed by atoms with Crippen molar-refractivity contribution in [1.29, 1.82) is 0 Å². The van der Waals surface area contributed by atoms with E-state index in [9.17, 15) is 13.6 Å². The molecule has 0 atom stereocenters. The van der Waals surface area contributed by atoms with E-state index in [1.54, 1.807) is 0 Å². The monoisotopic (exact) mass is 446 g/mol. The van der Waals surface area contributed by atoms with Crippen LogP contribution in [0.4, 0.5) is 20.3 Å². The highest BCUT2D eigenvalue weighted by atomic mass is 19.1. The molecular weight excluding hydrogens is 426 g/mol. The lowest BCUT2D eigenvalue weighted by Crippen LogP contribution is -2.29. The summed E-state index contributed by atoms with van der Waals surface area (Å²) in [4.78, 5) is 23.1. The minimum atomic E-state index is -0.759. The largest absolute Gasteiger partial charge is 0.383 e. The van der Waals surface area contributed by atoms with E-state index in [0.29, 0.717) is 16.3 Å². The third-order valence-electron chi connectivity index (χ3n) is 6.33. The average molecular weight is 446 g/mol. The van der Waals surface area contributed by atoms with Crippen molar-refractivity contribution in [3.63, 3.8) is 0 Å². The summed E-state index contributed by atoms with van der Waals surface area (Å²) < 4.78 is 28.0. The lowest BCUT2D eigenvalue weighted by Gasteiger charge is -2.29. The maximum atomic E-state index is 14.0. The number of hydrogen-bond acceptors (Lipinski definition) is 5. The van der Waals surface area contributed by atoms with Crippen molar-refractivity contribution in [2.75, 3.05) is 23.7 Å². The molecule has 33 heavy (non-hydrogen) atoms. The van der Waals surface area contributed by atoms with E-state index in [1.807, 2.05) is 18.2 Å². The number of rotatable bonds is 2. The number of anilines is 2. The van der Waals surface area contributed by atoms with Gasteiger partial charge in [-0.05, 0) is 43.5 Å². The molecule has 0 bridgehead atoms. The van der Waals surface area contributed by atoms with E-state index in [4.69, 9.17) is 5.73 Å². The normalized spacial score (nSPS) is 14.5. The van der Waals surface area contributed by atoms with Crippen molar-refractivity contribution in [1.82, 2.24) is 20.2 Å². The van der Waals surface area contributed by atoms with Crippen molar-refractivity contribution in [3.8, 4) is 11.3 Å². The van der Waals surface area contributed by atoms with Gasteiger partial charge in [0.15, 0.2) is 5.65 Å². The molecule has 0 aliphatic carbocycles.